The second kappa shape index (κ2) is 7.57. The van der Waals surface area contributed by atoms with Crippen molar-refractivity contribution < 1.29 is 14.5 Å². The van der Waals surface area contributed by atoms with Crippen LogP contribution >= 0.6 is 0 Å². The Morgan fingerprint density at radius 1 is 1.19 bits per heavy atom. The number of hydrogen-bond donors (Lipinski definition) is 1. The molecule has 0 spiro atoms. The van der Waals surface area contributed by atoms with E-state index >= 15 is 0 Å². The van der Waals surface area contributed by atoms with Crippen molar-refractivity contribution in [2.75, 3.05) is 12.4 Å². The van der Waals surface area contributed by atoms with E-state index in [9.17, 15) is 19.7 Å². The van der Waals surface area contributed by atoms with Crippen LogP contribution in [0.5, 0.6) is 0 Å². The molecule has 2 aromatic rings. The zero-order valence-electron chi connectivity index (χ0n) is 15.2. The molecule has 7 heteroatoms. The molecule has 0 saturated heterocycles. The van der Waals surface area contributed by atoms with Gasteiger partial charge in [0.05, 0.1) is 11.0 Å². The van der Waals surface area contributed by atoms with Gasteiger partial charge in [-0.1, -0.05) is 12.1 Å². The first kappa shape index (κ1) is 18.6. The molecular weight excluding hydrogens is 346 g/mol. The first-order valence-corrected chi connectivity index (χ1v) is 8.79. The normalized spacial score (nSPS) is 14.3. The number of hydrogen-bond acceptors (Lipinski definition) is 4. The molecule has 1 N–H and O–H groups in total. The number of nitrogens with one attached hydrogen (secondary N) is 1. The quantitative estimate of drug-likeness (QED) is 0.621. The maximum atomic E-state index is 12.7. The van der Waals surface area contributed by atoms with E-state index in [1.54, 1.807) is 43.4 Å². The van der Waals surface area contributed by atoms with E-state index in [2.05, 4.69) is 5.32 Å². The number of carbonyl (C=O) groups is 2. The molecule has 0 radical (unpaired) electrons. The molecule has 0 bridgehead atoms. The Bertz CT molecular complexity index is 875. The van der Waals surface area contributed by atoms with Crippen molar-refractivity contribution >= 4 is 23.2 Å². The summed E-state index contributed by atoms with van der Waals surface area (Å²) in [6.07, 6.45) is 1.87. The molecule has 0 aromatic heterocycles. The van der Waals surface area contributed by atoms with Gasteiger partial charge < -0.3 is 10.2 Å². The fraction of sp³-hybridized carbons (Fsp3) is 0.300. The van der Waals surface area contributed by atoms with Gasteiger partial charge in [0.15, 0.2) is 0 Å². The van der Waals surface area contributed by atoms with E-state index in [0.717, 1.165) is 12.8 Å². The molecule has 27 heavy (non-hydrogen) atoms. The van der Waals surface area contributed by atoms with Crippen LogP contribution in [-0.4, -0.2) is 28.7 Å². The van der Waals surface area contributed by atoms with Crippen molar-refractivity contribution in [2.24, 2.45) is 5.92 Å². The third-order valence-electron chi connectivity index (χ3n) is 4.81. The fourth-order valence-electron chi connectivity index (χ4n) is 2.79. The summed E-state index contributed by atoms with van der Waals surface area (Å²) >= 11 is 0. The van der Waals surface area contributed by atoms with Crippen LogP contribution in [0.3, 0.4) is 0 Å². The second-order valence-electron chi connectivity index (χ2n) is 6.79. The van der Waals surface area contributed by atoms with Crippen molar-refractivity contribution in [2.45, 2.75) is 25.8 Å². The van der Waals surface area contributed by atoms with Gasteiger partial charge in [-0.15, -0.1) is 0 Å². The molecule has 140 valence electrons. The standard InChI is InChI=1S/C20H21N3O4/c1-13(16-4-3-5-18(12-16)23(26)27)22(2)20(25)15-8-10-17(11-9-15)21-19(24)14-6-7-14/h3-5,8-14H,6-7H2,1-2H3,(H,21,24)/t13-/m1/s1. The van der Waals surface area contributed by atoms with Gasteiger partial charge in [0.1, 0.15) is 0 Å². The zero-order valence-corrected chi connectivity index (χ0v) is 15.2. The minimum absolute atomic E-state index is 0.00374. The van der Waals surface area contributed by atoms with E-state index in [0.29, 0.717) is 16.8 Å². The Balaban J connectivity index is 1.69. The Morgan fingerprint density at radius 2 is 1.85 bits per heavy atom. The number of nitrogens with zero attached hydrogens (tertiary/aromatic N) is 2. The highest BCUT2D eigenvalue weighted by atomic mass is 16.6. The van der Waals surface area contributed by atoms with Crippen LogP contribution in [0.1, 0.15) is 41.7 Å². The third-order valence-corrected chi connectivity index (χ3v) is 4.81. The first-order valence-electron chi connectivity index (χ1n) is 8.79. The summed E-state index contributed by atoms with van der Waals surface area (Å²) in [5.74, 6) is -0.0622. The lowest BCUT2D eigenvalue weighted by atomic mass is 10.1. The Labute approximate surface area is 157 Å². The number of carbonyl (C=O) groups excluding carboxylic acids is 2. The Hall–Kier alpha value is -3.22. The number of non-ortho nitro benzene ring substituents is 1. The molecule has 1 atom stereocenters. The van der Waals surface area contributed by atoms with Gasteiger partial charge in [-0.05, 0) is 49.6 Å². The molecule has 3 rings (SSSR count). The monoisotopic (exact) mass is 367 g/mol. The van der Waals surface area contributed by atoms with Crippen molar-refractivity contribution in [1.29, 1.82) is 0 Å². The molecular formula is C20H21N3O4. The van der Waals surface area contributed by atoms with Crippen LogP contribution in [0.2, 0.25) is 0 Å². The topological polar surface area (TPSA) is 92.6 Å². The van der Waals surface area contributed by atoms with Crippen LogP contribution in [0.25, 0.3) is 0 Å². The van der Waals surface area contributed by atoms with Crippen molar-refractivity contribution in [3.05, 3.63) is 69.8 Å². The number of nitro groups is 1. The second-order valence-corrected chi connectivity index (χ2v) is 6.79. The van der Waals surface area contributed by atoms with Crippen molar-refractivity contribution in [1.82, 2.24) is 4.90 Å². The summed E-state index contributed by atoms with van der Waals surface area (Å²) in [5.41, 5.74) is 1.83. The Kier molecular flexibility index (Phi) is 5.21. The lowest BCUT2D eigenvalue weighted by Crippen LogP contribution is -2.29. The van der Waals surface area contributed by atoms with Gasteiger partial charge in [-0.2, -0.15) is 0 Å². The minimum atomic E-state index is -0.452. The summed E-state index contributed by atoms with van der Waals surface area (Å²) in [5, 5.41) is 13.8. The van der Waals surface area contributed by atoms with E-state index in [1.807, 2.05) is 6.92 Å². The number of anilines is 1. The lowest BCUT2D eigenvalue weighted by Gasteiger charge is -2.25. The van der Waals surface area contributed by atoms with E-state index in [4.69, 9.17) is 0 Å². The number of amides is 2. The third kappa shape index (κ3) is 4.31. The van der Waals surface area contributed by atoms with Gasteiger partial charge in [0, 0.05) is 36.3 Å². The highest BCUT2D eigenvalue weighted by Gasteiger charge is 2.29. The smallest absolute Gasteiger partial charge is 0.269 e. The molecule has 1 aliphatic carbocycles. The number of nitro benzene ring substituents is 1. The molecule has 1 aliphatic rings. The predicted octanol–water partition coefficient (Wildman–Crippen LogP) is 3.78. The predicted molar refractivity (Wildman–Crippen MR) is 101 cm³/mol. The lowest BCUT2D eigenvalue weighted by molar-refractivity contribution is -0.384. The van der Waals surface area contributed by atoms with E-state index in [1.165, 1.54) is 17.0 Å². The van der Waals surface area contributed by atoms with Crippen LogP contribution in [0, 0.1) is 16.0 Å². The number of rotatable bonds is 6. The molecule has 1 fully saturated rings. The molecule has 2 amide bonds. The van der Waals surface area contributed by atoms with E-state index in [-0.39, 0.29) is 29.5 Å². The average molecular weight is 367 g/mol. The van der Waals surface area contributed by atoms with Crippen molar-refractivity contribution in [3.63, 3.8) is 0 Å². The Morgan fingerprint density at radius 3 is 2.44 bits per heavy atom. The van der Waals surface area contributed by atoms with Crippen LogP contribution in [-0.2, 0) is 4.79 Å². The van der Waals surface area contributed by atoms with E-state index < -0.39 is 4.92 Å². The first-order chi connectivity index (χ1) is 12.9. The molecule has 0 aliphatic heterocycles. The minimum Gasteiger partial charge on any atom is -0.335 e. The highest BCUT2D eigenvalue weighted by Crippen LogP contribution is 2.30. The van der Waals surface area contributed by atoms with Gasteiger partial charge in [0.2, 0.25) is 5.91 Å². The van der Waals surface area contributed by atoms with Gasteiger partial charge in [0.25, 0.3) is 11.6 Å². The maximum absolute atomic E-state index is 12.7. The van der Waals surface area contributed by atoms with Gasteiger partial charge in [-0.3, -0.25) is 19.7 Å². The molecule has 0 heterocycles. The molecule has 0 unspecified atom stereocenters. The molecule has 2 aromatic carbocycles. The summed E-state index contributed by atoms with van der Waals surface area (Å²) in [4.78, 5) is 36.6. The SMILES string of the molecule is C[C@H](c1cccc([N+](=O)[O-])c1)N(C)C(=O)c1ccc(NC(=O)C2CC2)cc1. The fourth-order valence-corrected chi connectivity index (χ4v) is 2.79. The summed E-state index contributed by atoms with van der Waals surface area (Å²) in [6, 6.07) is 12.7. The number of benzene rings is 2. The van der Waals surface area contributed by atoms with Gasteiger partial charge in [-0.25, -0.2) is 0 Å². The molecule has 7 nitrogen and oxygen atoms in total. The largest absolute Gasteiger partial charge is 0.335 e. The maximum Gasteiger partial charge on any atom is 0.269 e. The average Bonchev–Trinajstić information content (AvgIpc) is 3.52. The molecule has 1 saturated carbocycles. The van der Waals surface area contributed by atoms with Gasteiger partial charge >= 0.3 is 0 Å². The van der Waals surface area contributed by atoms with Crippen molar-refractivity contribution in [3.8, 4) is 0 Å². The van der Waals surface area contributed by atoms with Crippen LogP contribution in [0.4, 0.5) is 11.4 Å². The summed E-state index contributed by atoms with van der Waals surface area (Å²) in [7, 11) is 1.66. The van der Waals surface area contributed by atoms with Crippen LogP contribution in [0.15, 0.2) is 48.5 Å². The van der Waals surface area contributed by atoms with Crippen LogP contribution < -0.4 is 5.32 Å². The summed E-state index contributed by atoms with van der Waals surface area (Å²) < 4.78 is 0. The zero-order chi connectivity index (χ0) is 19.6. The summed E-state index contributed by atoms with van der Waals surface area (Å²) in [6.45, 7) is 1.82. The highest BCUT2D eigenvalue weighted by molar-refractivity contribution is 5.96.